The van der Waals surface area contributed by atoms with Gasteiger partial charge in [-0.2, -0.15) is 0 Å². The van der Waals surface area contributed by atoms with Gasteiger partial charge in [0.15, 0.2) is 0 Å². The lowest BCUT2D eigenvalue weighted by Crippen LogP contribution is -2.44. The predicted molar refractivity (Wildman–Crippen MR) is 93.7 cm³/mol. The molecule has 5 heteroatoms. The minimum Gasteiger partial charge on any atom is -0.353 e. The van der Waals surface area contributed by atoms with Gasteiger partial charge in [-0.3, -0.25) is 9.69 Å². The van der Waals surface area contributed by atoms with E-state index in [1.54, 1.807) is 11.3 Å². The third-order valence-corrected chi connectivity index (χ3v) is 6.17. The van der Waals surface area contributed by atoms with Crippen LogP contribution in [0, 0.1) is 0 Å². The lowest BCUT2D eigenvalue weighted by atomic mass is 9.98. The predicted octanol–water partition coefficient (Wildman–Crippen LogP) is 3.67. The molecule has 118 valence electrons. The Labute approximate surface area is 140 Å². The van der Waals surface area contributed by atoms with Crippen LogP contribution in [0.3, 0.4) is 0 Å². The van der Waals surface area contributed by atoms with Gasteiger partial charge in [0.2, 0.25) is 5.91 Å². The van der Waals surface area contributed by atoms with Crippen molar-refractivity contribution in [2.24, 2.45) is 0 Å². The summed E-state index contributed by atoms with van der Waals surface area (Å²) in [4.78, 5) is 17.4. The average Bonchev–Trinajstić information content (AvgIpc) is 3.17. The van der Waals surface area contributed by atoms with E-state index in [0.717, 1.165) is 19.4 Å². The van der Waals surface area contributed by atoms with Gasteiger partial charge in [0.25, 0.3) is 0 Å². The second-order valence-electron chi connectivity index (χ2n) is 5.81. The van der Waals surface area contributed by atoms with Crippen LogP contribution in [0.1, 0.15) is 41.6 Å². The minimum absolute atomic E-state index is 0.134. The summed E-state index contributed by atoms with van der Waals surface area (Å²) < 4.78 is 0. The van der Waals surface area contributed by atoms with E-state index in [2.05, 4.69) is 53.0 Å². The number of nitrogens with zero attached hydrogens (tertiary/aromatic N) is 1. The van der Waals surface area contributed by atoms with Crippen LogP contribution < -0.4 is 5.32 Å². The average molecular weight is 335 g/mol. The van der Waals surface area contributed by atoms with Gasteiger partial charge in [0.05, 0.1) is 12.6 Å². The molecule has 0 aromatic carbocycles. The topological polar surface area (TPSA) is 32.3 Å². The molecule has 2 unspecified atom stereocenters. The Morgan fingerprint density at radius 2 is 2.27 bits per heavy atom. The van der Waals surface area contributed by atoms with Crippen LogP contribution in [0.25, 0.3) is 0 Å². The van der Waals surface area contributed by atoms with E-state index in [1.807, 2.05) is 11.3 Å². The van der Waals surface area contributed by atoms with Crippen molar-refractivity contribution >= 4 is 28.6 Å². The summed E-state index contributed by atoms with van der Waals surface area (Å²) in [6, 6.07) is 6.98. The van der Waals surface area contributed by atoms with Gasteiger partial charge in [0.1, 0.15) is 0 Å². The molecule has 2 aromatic rings. The minimum atomic E-state index is 0.134. The summed E-state index contributed by atoms with van der Waals surface area (Å²) in [5.74, 6) is 0.134. The molecule has 0 spiro atoms. The highest BCUT2D eigenvalue weighted by atomic mass is 32.1. The molecule has 1 N–H and O–H groups in total. The fourth-order valence-electron chi connectivity index (χ4n) is 2.93. The second kappa shape index (κ2) is 6.94. The summed E-state index contributed by atoms with van der Waals surface area (Å²) in [6.07, 6.45) is 2.01. The van der Waals surface area contributed by atoms with Gasteiger partial charge in [-0.1, -0.05) is 13.0 Å². The van der Waals surface area contributed by atoms with E-state index in [4.69, 9.17) is 0 Å². The summed E-state index contributed by atoms with van der Waals surface area (Å²) in [6.45, 7) is 5.58. The maximum Gasteiger partial charge on any atom is 0.234 e. The second-order valence-corrected chi connectivity index (χ2v) is 7.79. The largest absolute Gasteiger partial charge is 0.353 e. The van der Waals surface area contributed by atoms with Crippen LogP contribution in [0.2, 0.25) is 0 Å². The third kappa shape index (κ3) is 3.26. The monoisotopic (exact) mass is 334 g/mol. The lowest BCUT2D eigenvalue weighted by Gasteiger charge is -2.35. The van der Waals surface area contributed by atoms with Gasteiger partial charge in [-0.25, -0.2) is 0 Å². The quantitative estimate of drug-likeness (QED) is 0.905. The number of fused-ring (bicyclic) bond motifs is 1. The molecule has 2 atom stereocenters. The molecule has 3 heterocycles. The van der Waals surface area contributed by atoms with E-state index in [0.29, 0.717) is 6.54 Å². The van der Waals surface area contributed by atoms with Crippen molar-refractivity contribution in [2.45, 2.75) is 38.8 Å². The number of nitrogens with one attached hydrogen (secondary N) is 1. The third-order valence-electron chi connectivity index (χ3n) is 4.24. The van der Waals surface area contributed by atoms with Crippen molar-refractivity contribution in [3.8, 4) is 0 Å². The molecular formula is C17H22N2OS2. The number of hydrogen-bond acceptors (Lipinski definition) is 4. The molecule has 3 nitrogen and oxygen atoms in total. The first kappa shape index (κ1) is 15.7. The number of amides is 1. The summed E-state index contributed by atoms with van der Waals surface area (Å²) in [5.41, 5.74) is 1.38. The fraction of sp³-hybridized carbons (Fsp3) is 0.471. The Hall–Kier alpha value is -1.17. The Balaban J connectivity index is 1.80. The Morgan fingerprint density at radius 1 is 1.41 bits per heavy atom. The number of carbonyl (C=O) groups is 1. The van der Waals surface area contributed by atoms with Crippen LogP contribution in [0.5, 0.6) is 0 Å². The fourth-order valence-corrected chi connectivity index (χ4v) is 4.71. The highest BCUT2D eigenvalue weighted by Gasteiger charge is 2.31. The molecule has 22 heavy (non-hydrogen) atoms. The van der Waals surface area contributed by atoms with E-state index < -0.39 is 0 Å². The zero-order chi connectivity index (χ0) is 15.5. The van der Waals surface area contributed by atoms with Crippen LogP contribution in [-0.4, -0.2) is 29.9 Å². The number of carbonyl (C=O) groups excluding carboxylic acids is 1. The first-order valence-electron chi connectivity index (χ1n) is 7.82. The molecule has 0 saturated carbocycles. The Kier molecular flexibility index (Phi) is 4.96. The van der Waals surface area contributed by atoms with Crippen molar-refractivity contribution in [2.75, 3.05) is 13.1 Å². The molecule has 0 aliphatic carbocycles. The molecule has 2 aromatic heterocycles. The van der Waals surface area contributed by atoms with Crippen LogP contribution in [0.4, 0.5) is 0 Å². The normalized spacial score (nSPS) is 19.6. The van der Waals surface area contributed by atoms with E-state index in [1.165, 1.54) is 15.3 Å². The Morgan fingerprint density at radius 3 is 3.00 bits per heavy atom. The number of rotatable bonds is 5. The molecule has 1 aliphatic rings. The van der Waals surface area contributed by atoms with Gasteiger partial charge in [-0.15, -0.1) is 22.7 Å². The van der Waals surface area contributed by atoms with Gasteiger partial charge < -0.3 is 5.32 Å². The molecular weight excluding hydrogens is 312 g/mol. The lowest BCUT2D eigenvalue weighted by molar-refractivity contribution is -0.123. The van der Waals surface area contributed by atoms with Crippen molar-refractivity contribution in [1.29, 1.82) is 0 Å². The van der Waals surface area contributed by atoms with Crippen molar-refractivity contribution in [3.05, 3.63) is 44.3 Å². The Bertz CT molecular complexity index is 620. The summed E-state index contributed by atoms with van der Waals surface area (Å²) >= 11 is 3.62. The highest BCUT2D eigenvalue weighted by Crippen LogP contribution is 2.39. The summed E-state index contributed by atoms with van der Waals surface area (Å²) in [5, 5.41) is 7.38. The first-order chi connectivity index (χ1) is 10.7. The van der Waals surface area contributed by atoms with E-state index >= 15 is 0 Å². The van der Waals surface area contributed by atoms with Gasteiger partial charge in [-0.05, 0) is 48.2 Å². The van der Waals surface area contributed by atoms with Crippen LogP contribution in [-0.2, 0) is 11.2 Å². The number of hydrogen-bond donors (Lipinski definition) is 1. The van der Waals surface area contributed by atoms with Crippen LogP contribution in [0.15, 0.2) is 29.0 Å². The molecule has 1 amide bonds. The maximum absolute atomic E-state index is 12.3. The first-order valence-corrected chi connectivity index (χ1v) is 9.58. The highest BCUT2D eigenvalue weighted by molar-refractivity contribution is 7.10. The number of thiophene rings is 2. The molecule has 0 saturated heterocycles. The van der Waals surface area contributed by atoms with Crippen molar-refractivity contribution < 1.29 is 4.79 Å². The maximum atomic E-state index is 12.3. The zero-order valence-corrected chi connectivity index (χ0v) is 14.7. The van der Waals surface area contributed by atoms with Crippen LogP contribution >= 0.6 is 22.7 Å². The van der Waals surface area contributed by atoms with Crippen molar-refractivity contribution in [1.82, 2.24) is 10.2 Å². The smallest absolute Gasteiger partial charge is 0.234 e. The van der Waals surface area contributed by atoms with E-state index in [-0.39, 0.29) is 18.0 Å². The summed E-state index contributed by atoms with van der Waals surface area (Å²) in [7, 11) is 0. The molecule has 0 radical (unpaired) electrons. The molecule has 1 aliphatic heterocycles. The SMILES string of the molecule is CCC(C)NC(=O)CN1CCc2sccc2C1c1cccs1. The zero-order valence-electron chi connectivity index (χ0n) is 13.0. The molecule has 0 fully saturated rings. The van der Waals surface area contributed by atoms with Gasteiger partial charge >= 0.3 is 0 Å². The van der Waals surface area contributed by atoms with Gasteiger partial charge in [0, 0.05) is 22.3 Å². The van der Waals surface area contributed by atoms with Crippen molar-refractivity contribution in [3.63, 3.8) is 0 Å². The van der Waals surface area contributed by atoms with E-state index in [9.17, 15) is 4.79 Å². The standard InChI is InChI=1S/C17H22N2OS2/c1-3-12(2)18-16(20)11-19-8-6-14-13(7-10-22-14)17(19)15-5-4-9-21-15/h4-5,7,9-10,12,17H,3,6,8,11H2,1-2H3,(H,18,20). The molecule has 3 rings (SSSR count). The molecule has 0 bridgehead atoms.